The van der Waals surface area contributed by atoms with Gasteiger partial charge in [0.1, 0.15) is 5.82 Å². The minimum absolute atomic E-state index is 0.0485. The van der Waals surface area contributed by atoms with E-state index in [0.29, 0.717) is 4.47 Å². The Bertz CT molecular complexity index is 333. The summed E-state index contributed by atoms with van der Waals surface area (Å²) in [7, 11) is 1.22. The molecular weight excluding hydrogens is 310 g/mol. The zero-order chi connectivity index (χ0) is 14.0. The van der Waals surface area contributed by atoms with Crippen molar-refractivity contribution < 1.29 is 13.9 Å². The number of hydrogen-bond acceptors (Lipinski definition) is 2. The maximum absolute atomic E-state index is 13.0. The molecule has 0 aliphatic carbocycles. The van der Waals surface area contributed by atoms with E-state index >= 15 is 0 Å². The molecule has 0 amide bonds. The summed E-state index contributed by atoms with van der Waals surface area (Å²) in [6.07, 6.45) is 0. The number of carbonyl (C=O) groups is 1. The van der Waals surface area contributed by atoms with Gasteiger partial charge in [0.2, 0.25) is 0 Å². The van der Waals surface area contributed by atoms with E-state index in [2.05, 4.69) is 20.7 Å². The molecule has 0 unspecified atom stereocenters. The third kappa shape index (κ3) is 6.03. The van der Waals surface area contributed by atoms with E-state index in [-0.39, 0.29) is 10.6 Å². The molecule has 0 fully saturated rings. The van der Waals surface area contributed by atoms with Gasteiger partial charge in [-0.2, -0.15) is 0 Å². The van der Waals surface area contributed by atoms with E-state index in [1.54, 1.807) is 0 Å². The summed E-state index contributed by atoms with van der Waals surface area (Å²) in [6.45, 7) is 8.00. The predicted octanol–water partition coefficient (Wildman–Crippen LogP) is 5.08. The highest BCUT2D eigenvalue weighted by Crippen LogP contribution is 2.26. The Hall–Kier alpha value is -0.610. The molecule has 0 atom stereocenters. The third-order valence-electron chi connectivity index (χ3n) is 1.40. The Morgan fingerprint density at radius 3 is 2.12 bits per heavy atom. The first-order chi connectivity index (χ1) is 8.06. The van der Waals surface area contributed by atoms with Crippen molar-refractivity contribution in [1.29, 1.82) is 0 Å². The minimum atomic E-state index is -0.656. The molecule has 5 heteroatoms. The molecule has 1 rings (SSSR count). The SMILES string of the molecule is CC.CC.COC(=O)c1cc(F)c(Cl)c(Br)c1. The lowest BCUT2D eigenvalue weighted by Gasteiger charge is -2.02. The molecule has 0 heterocycles. The second-order valence-corrected chi connectivity index (χ2v) is 3.48. The van der Waals surface area contributed by atoms with Gasteiger partial charge in [-0.05, 0) is 28.1 Å². The van der Waals surface area contributed by atoms with Gasteiger partial charge < -0.3 is 4.74 Å². The van der Waals surface area contributed by atoms with Gasteiger partial charge in [-0.3, -0.25) is 0 Å². The van der Waals surface area contributed by atoms with Crippen molar-refractivity contribution in [3.63, 3.8) is 0 Å². The fourth-order valence-corrected chi connectivity index (χ4v) is 1.34. The van der Waals surface area contributed by atoms with Crippen LogP contribution in [0.3, 0.4) is 0 Å². The van der Waals surface area contributed by atoms with Crippen LogP contribution < -0.4 is 0 Å². The second kappa shape index (κ2) is 10.5. The zero-order valence-corrected chi connectivity index (χ0v) is 12.9. The summed E-state index contributed by atoms with van der Waals surface area (Å²) >= 11 is 8.54. The van der Waals surface area contributed by atoms with Crippen LogP contribution in [-0.4, -0.2) is 13.1 Å². The first-order valence-corrected chi connectivity index (χ1v) is 6.46. The van der Waals surface area contributed by atoms with Crippen LogP contribution in [0.1, 0.15) is 38.1 Å². The predicted molar refractivity (Wildman–Crippen MR) is 73.1 cm³/mol. The Balaban J connectivity index is 0. The molecule has 0 spiro atoms. The molecule has 0 aliphatic rings. The van der Waals surface area contributed by atoms with Crippen LogP contribution in [0.2, 0.25) is 5.02 Å². The maximum Gasteiger partial charge on any atom is 0.337 e. The quantitative estimate of drug-likeness (QED) is 0.531. The molecule has 0 bridgehead atoms. The number of halogens is 3. The monoisotopic (exact) mass is 326 g/mol. The Kier molecular flexibility index (Phi) is 11.6. The lowest BCUT2D eigenvalue weighted by molar-refractivity contribution is 0.0600. The molecule has 2 nitrogen and oxygen atoms in total. The van der Waals surface area contributed by atoms with Crippen LogP contribution in [-0.2, 0) is 4.74 Å². The Morgan fingerprint density at radius 2 is 1.76 bits per heavy atom. The average Bonchev–Trinajstić information content (AvgIpc) is 2.39. The van der Waals surface area contributed by atoms with Gasteiger partial charge in [-0.15, -0.1) is 0 Å². The zero-order valence-electron chi connectivity index (χ0n) is 10.6. The lowest BCUT2D eigenvalue weighted by atomic mass is 10.2. The lowest BCUT2D eigenvalue weighted by Crippen LogP contribution is -2.01. The number of methoxy groups -OCH3 is 1. The average molecular weight is 328 g/mol. The number of rotatable bonds is 1. The van der Waals surface area contributed by atoms with Crippen molar-refractivity contribution in [3.8, 4) is 0 Å². The van der Waals surface area contributed by atoms with Crippen molar-refractivity contribution in [1.82, 2.24) is 0 Å². The van der Waals surface area contributed by atoms with Crippen LogP contribution in [0.5, 0.6) is 0 Å². The van der Waals surface area contributed by atoms with Crippen LogP contribution in [0.15, 0.2) is 16.6 Å². The van der Waals surface area contributed by atoms with Crippen molar-refractivity contribution in [2.75, 3.05) is 7.11 Å². The first-order valence-electron chi connectivity index (χ1n) is 5.29. The van der Waals surface area contributed by atoms with E-state index in [0.717, 1.165) is 6.07 Å². The van der Waals surface area contributed by atoms with Gasteiger partial charge in [0.25, 0.3) is 0 Å². The van der Waals surface area contributed by atoms with Crippen LogP contribution >= 0.6 is 27.5 Å². The van der Waals surface area contributed by atoms with E-state index in [1.807, 2.05) is 27.7 Å². The van der Waals surface area contributed by atoms with Crippen LogP contribution in [0.4, 0.5) is 4.39 Å². The molecule has 17 heavy (non-hydrogen) atoms. The van der Waals surface area contributed by atoms with E-state index in [4.69, 9.17) is 11.6 Å². The second-order valence-electron chi connectivity index (χ2n) is 2.25. The third-order valence-corrected chi connectivity index (χ3v) is 2.64. The van der Waals surface area contributed by atoms with Crippen molar-refractivity contribution in [2.45, 2.75) is 27.7 Å². The summed E-state index contributed by atoms with van der Waals surface area (Å²) in [6, 6.07) is 2.43. The van der Waals surface area contributed by atoms with Crippen molar-refractivity contribution in [3.05, 3.63) is 33.0 Å². The molecule has 1 aromatic rings. The summed E-state index contributed by atoms with van der Waals surface area (Å²) in [5.74, 6) is -1.26. The largest absolute Gasteiger partial charge is 0.465 e. The molecule has 0 saturated heterocycles. The highest BCUT2D eigenvalue weighted by atomic mass is 79.9. The highest BCUT2D eigenvalue weighted by molar-refractivity contribution is 9.10. The molecule has 98 valence electrons. The number of benzene rings is 1. The number of carbonyl (C=O) groups excluding carboxylic acids is 1. The highest BCUT2D eigenvalue weighted by Gasteiger charge is 2.12. The van der Waals surface area contributed by atoms with E-state index in [9.17, 15) is 9.18 Å². The van der Waals surface area contributed by atoms with Crippen LogP contribution in [0, 0.1) is 5.82 Å². The standard InChI is InChI=1S/C8H5BrClFO2.2C2H6/c1-13-8(12)4-2-5(9)7(10)6(11)3-4;2*1-2/h2-3H,1H3;2*1-2H3. The van der Waals surface area contributed by atoms with Gasteiger partial charge in [-0.1, -0.05) is 39.3 Å². The molecule has 1 aromatic carbocycles. The van der Waals surface area contributed by atoms with Gasteiger partial charge in [0.05, 0.1) is 17.7 Å². The summed E-state index contributed by atoms with van der Waals surface area (Å²) in [5.41, 5.74) is 0.122. The van der Waals surface area contributed by atoms with Gasteiger partial charge in [-0.25, -0.2) is 9.18 Å². The molecule has 0 N–H and O–H groups in total. The summed E-state index contributed by atoms with van der Waals surface area (Å²) in [4.78, 5) is 11.0. The van der Waals surface area contributed by atoms with E-state index in [1.165, 1.54) is 13.2 Å². The van der Waals surface area contributed by atoms with Gasteiger partial charge in [0, 0.05) is 4.47 Å². The Morgan fingerprint density at radius 1 is 1.29 bits per heavy atom. The summed E-state index contributed by atoms with van der Waals surface area (Å²) in [5, 5.41) is -0.0485. The van der Waals surface area contributed by atoms with Gasteiger partial charge in [0.15, 0.2) is 0 Å². The molecule has 0 saturated carbocycles. The molecular formula is C12H17BrClFO2. The molecule has 0 aromatic heterocycles. The Labute approximate surface area is 115 Å². The number of ether oxygens (including phenoxy) is 1. The van der Waals surface area contributed by atoms with Crippen molar-refractivity contribution >= 4 is 33.5 Å². The normalized spacial score (nSPS) is 8.24. The molecule has 0 radical (unpaired) electrons. The summed E-state index contributed by atoms with van der Waals surface area (Å²) < 4.78 is 17.7. The smallest absolute Gasteiger partial charge is 0.337 e. The number of esters is 1. The van der Waals surface area contributed by atoms with Crippen LogP contribution in [0.25, 0.3) is 0 Å². The van der Waals surface area contributed by atoms with Gasteiger partial charge >= 0.3 is 5.97 Å². The maximum atomic E-state index is 13.0. The number of hydrogen-bond donors (Lipinski definition) is 0. The van der Waals surface area contributed by atoms with E-state index < -0.39 is 11.8 Å². The molecule has 0 aliphatic heterocycles. The fourth-order valence-electron chi connectivity index (χ4n) is 0.791. The fraction of sp³-hybridized carbons (Fsp3) is 0.417. The first kappa shape index (κ1) is 18.7. The topological polar surface area (TPSA) is 26.3 Å². The minimum Gasteiger partial charge on any atom is -0.465 e. The van der Waals surface area contributed by atoms with Crippen molar-refractivity contribution in [2.24, 2.45) is 0 Å².